The van der Waals surface area contributed by atoms with Gasteiger partial charge in [0.1, 0.15) is 0 Å². The second-order valence-corrected chi connectivity index (χ2v) is 7.18. The van der Waals surface area contributed by atoms with E-state index >= 15 is 0 Å². The molecule has 0 saturated heterocycles. The van der Waals surface area contributed by atoms with E-state index in [-0.39, 0.29) is 0 Å². The summed E-state index contributed by atoms with van der Waals surface area (Å²) < 4.78 is 8.00. The first-order valence-corrected chi connectivity index (χ1v) is 8.41. The van der Waals surface area contributed by atoms with E-state index in [1.807, 2.05) is 24.3 Å². The normalized spacial score (nSPS) is 10.5. The van der Waals surface area contributed by atoms with E-state index in [0.29, 0.717) is 0 Å². The zero-order chi connectivity index (χ0) is 12.1. The molecular weight excluding hydrogens is 478 g/mol. The highest BCUT2D eigenvalue weighted by Crippen LogP contribution is 2.33. The Morgan fingerprint density at radius 1 is 0.706 bits per heavy atom. The van der Waals surface area contributed by atoms with Crippen molar-refractivity contribution < 1.29 is 3.63 Å². The third-order valence-corrected chi connectivity index (χ3v) is 6.15. The van der Waals surface area contributed by atoms with Crippen LogP contribution in [-0.2, 0) is 3.63 Å². The average Bonchev–Trinajstić information content (AvgIpc) is 2.34. The van der Waals surface area contributed by atoms with Crippen LogP contribution >= 0.6 is 69.3 Å². The lowest BCUT2D eigenvalue weighted by molar-refractivity contribution is 0.755. The monoisotopic (exact) mass is 486 g/mol. The van der Waals surface area contributed by atoms with E-state index in [4.69, 9.17) is 3.63 Å². The van der Waals surface area contributed by atoms with E-state index in [2.05, 4.69) is 69.4 Å². The van der Waals surface area contributed by atoms with E-state index in [0.717, 1.165) is 9.79 Å². The standard InChI is InChI=1S/C12H8I2OS2/c13-9-5-1-3-7-11(9)16-15-17-12-8-4-2-6-10(12)14/h1-8H. The van der Waals surface area contributed by atoms with Gasteiger partial charge >= 0.3 is 0 Å². The number of hydrogen-bond acceptors (Lipinski definition) is 3. The Morgan fingerprint density at radius 3 is 1.53 bits per heavy atom. The van der Waals surface area contributed by atoms with Gasteiger partial charge in [0.15, 0.2) is 0 Å². The smallest absolute Gasteiger partial charge is 0.0499 e. The fourth-order valence-electron chi connectivity index (χ4n) is 1.11. The molecule has 0 fully saturated rings. The molecule has 5 heteroatoms. The van der Waals surface area contributed by atoms with Crippen LogP contribution in [0.15, 0.2) is 58.3 Å². The maximum absolute atomic E-state index is 5.59. The lowest BCUT2D eigenvalue weighted by atomic mass is 10.4. The highest BCUT2D eigenvalue weighted by atomic mass is 127. The van der Waals surface area contributed by atoms with Gasteiger partial charge in [0.25, 0.3) is 0 Å². The van der Waals surface area contributed by atoms with Gasteiger partial charge in [0, 0.05) is 41.0 Å². The first-order chi connectivity index (χ1) is 8.27. The van der Waals surface area contributed by atoms with Crippen LogP contribution in [0.4, 0.5) is 0 Å². The Kier molecular flexibility index (Phi) is 5.94. The van der Waals surface area contributed by atoms with Gasteiger partial charge in [-0.05, 0) is 69.4 Å². The van der Waals surface area contributed by atoms with Crippen LogP contribution in [0.5, 0.6) is 0 Å². The molecular formula is C12H8I2OS2. The summed E-state index contributed by atoms with van der Waals surface area (Å²) in [5, 5.41) is 0. The summed E-state index contributed by atoms with van der Waals surface area (Å²) in [6.07, 6.45) is 0. The minimum Gasteiger partial charge on any atom is -0.237 e. The molecule has 0 aliphatic rings. The van der Waals surface area contributed by atoms with Crippen molar-refractivity contribution in [1.29, 1.82) is 0 Å². The van der Waals surface area contributed by atoms with Crippen molar-refractivity contribution in [3.63, 3.8) is 0 Å². The third-order valence-electron chi connectivity index (χ3n) is 1.92. The van der Waals surface area contributed by atoms with Gasteiger partial charge < -0.3 is 0 Å². The van der Waals surface area contributed by atoms with Crippen molar-refractivity contribution in [3.8, 4) is 0 Å². The van der Waals surface area contributed by atoms with Gasteiger partial charge in [0.05, 0.1) is 0 Å². The Labute approximate surface area is 137 Å². The van der Waals surface area contributed by atoms with Gasteiger partial charge in [-0.15, -0.1) is 0 Å². The highest BCUT2D eigenvalue weighted by molar-refractivity contribution is 14.1. The summed E-state index contributed by atoms with van der Waals surface area (Å²) in [7, 11) is 0. The first-order valence-electron chi connectivity index (χ1n) is 4.77. The topological polar surface area (TPSA) is 9.23 Å². The zero-order valence-corrected chi connectivity index (χ0v) is 14.5. The van der Waals surface area contributed by atoms with Crippen molar-refractivity contribution in [2.75, 3.05) is 0 Å². The molecule has 0 unspecified atom stereocenters. The van der Waals surface area contributed by atoms with E-state index in [1.54, 1.807) is 0 Å². The van der Waals surface area contributed by atoms with Crippen LogP contribution in [0.25, 0.3) is 0 Å². The maximum Gasteiger partial charge on any atom is 0.0499 e. The Morgan fingerprint density at radius 2 is 1.12 bits per heavy atom. The molecule has 0 radical (unpaired) electrons. The maximum atomic E-state index is 5.59. The molecule has 0 aliphatic carbocycles. The molecule has 1 nitrogen and oxygen atoms in total. The second kappa shape index (κ2) is 7.22. The lowest BCUT2D eigenvalue weighted by Crippen LogP contribution is -1.79. The molecule has 0 bridgehead atoms. The number of hydrogen-bond donors (Lipinski definition) is 0. The molecule has 0 amide bonds. The third kappa shape index (κ3) is 4.30. The lowest BCUT2D eigenvalue weighted by Gasteiger charge is -2.04. The van der Waals surface area contributed by atoms with E-state index in [9.17, 15) is 0 Å². The van der Waals surface area contributed by atoms with Gasteiger partial charge in [-0.1, -0.05) is 24.3 Å². The minimum atomic E-state index is 1.14. The summed E-state index contributed by atoms with van der Waals surface area (Å²) >= 11 is 7.43. The van der Waals surface area contributed by atoms with Crippen LogP contribution < -0.4 is 0 Å². The quantitative estimate of drug-likeness (QED) is 0.410. The van der Waals surface area contributed by atoms with Gasteiger partial charge in [-0.2, -0.15) is 0 Å². The molecule has 0 saturated carbocycles. The van der Waals surface area contributed by atoms with Crippen LogP contribution in [-0.4, -0.2) is 0 Å². The van der Waals surface area contributed by atoms with Crippen LogP contribution in [0, 0.1) is 7.14 Å². The SMILES string of the molecule is Ic1ccccc1SOSc1ccccc1I. The molecule has 0 aliphatic heterocycles. The molecule has 0 atom stereocenters. The molecule has 17 heavy (non-hydrogen) atoms. The van der Waals surface area contributed by atoms with E-state index in [1.165, 1.54) is 31.2 Å². The van der Waals surface area contributed by atoms with Crippen molar-refractivity contribution in [2.24, 2.45) is 0 Å². The highest BCUT2D eigenvalue weighted by Gasteiger charge is 2.03. The number of rotatable bonds is 4. The van der Waals surface area contributed by atoms with Crippen LogP contribution in [0.3, 0.4) is 0 Å². The number of benzene rings is 2. The summed E-state index contributed by atoms with van der Waals surface area (Å²) in [4.78, 5) is 2.29. The van der Waals surface area contributed by atoms with Crippen molar-refractivity contribution in [2.45, 2.75) is 9.79 Å². The molecule has 2 aromatic carbocycles. The summed E-state index contributed by atoms with van der Waals surface area (Å²) in [5.41, 5.74) is 0. The van der Waals surface area contributed by atoms with Gasteiger partial charge in [-0.3, -0.25) is 0 Å². The largest absolute Gasteiger partial charge is 0.237 e. The Balaban J connectivity index is 1.93. The van der Waals surface area contributed by atoms with Crippen LogP contribution in [0.1, 0.15) is 0 Å². The summed E-state index contributed by atoms with van der Waals surface area (Å²) in [6, 6.07) is 16.4. The molecule has 0 spiro atoms. The molecule has 88 valence electrons. The molecule has 2 rings (SSSR count). The minimum absolute atomic E-state index is 1.14. The Bertz CT molecular complexity index is 460. The summed E-state index contributed by atoms with van der Waals surface area (Å²) in [5.74, 6) is 0. The molecule has 0 N–H and O–H groups in total. The second-order valence-electron chi connectivity index (χ2n) is 3.10. The van der Waals surface area contributed by atoms with Gasteiger partial charge in [0.2, 0.25) is 0 Å². The molecule has 2 aromatic rings. The van der Waals surface area contributed by atoms with Crippen molar-refractivity contribution in [1.82, 2.24) is 0 Å². The van der Waals surface area contributed by atoms with E-state index < -0.39 is 0 Å². The van der Waals surface area contributed by atoms with Gasteiger partial charge in [-0.25, -0.2) is 3.63 Å². The molecule has 0 aromatic heterocycles. The first kappa shape index (κ1) is 14.0. The predicted molar refractivity (Wildman–Crippen MR) is 91.1 cm³/mol. The predicted octanol–water partition coefficient (Wildman–Crippen LogP) is 5.63. The van der Waals surface area contributed by atoms with Crippen molar-refractivity contribution in [3.05, 3.63) is 55.7 Å². The fourth-order valence-corrected chi connectivity index (χ4v) is 3.72. The number of halogens is 2. The Hall–Kier alpha value is 0.560. The zero-order valence-electron chi connectivity index (χ0n) is 8.60. The van der Waals surface area contributed by atoms with Crippen LogP contribution in [0.2, 0.25) is 0 Å². The average molecular weight is 486 g/mol. The molecule has 0 heterocycles. The summed E-state index contributed by atoms with van der Waals surface area (Å²) in [6.45, 7) is 0. The van der Waals surface area contributed by atoms with Crippen molar-refractivity contribution >= 4 is 69.3 Å². The fraction of sp³-hybridized carbons (Fsp3) is 0.